The molecule has 0 aromatic heterocycles. The summed E-state index contributed by atoms with van der Waals surface area (Å²) in [4.78, 5) is 29.5. The lowest BCUT2D eigenvalue weighted by Gasteiger charge is -2.52. The summed E-state index contributed by atoms with van der Waals surface area (Å²) in [6, 6.07) is 3.23. The maximum atomic E-state index is 13.3. The second kappa shape index (κ2) is 8.07. The van der Waals surface area contributed by atoms with E-state index in [9.17, 15) is 18.0 Å². The molecule has 1 aromatic carbocycles. The number of rotatable bonds is 3. The van der Waals surface area contributed by atoms with Crippen molar-refractivity contribution < 1.29 is 18.0 Å². The van der Waals surface area contributed by atoms with E-state index in [-0.39, 0.29) is 22.2 Å². The standard InChI is InChI=1S/C21H31N3O4S/c1-15-12-18(13-19(16(15)2)29(27,28)22-4)20(26)23-10-11-24(17(3)25)21(14-23)8-6-5-7-9-21/h12-13,22H,5-11,14H2,1-4H3. The van der Waals surface area contributed by atoms with Crippen LogP contribution in [0.4, 0.5) is 0 Å². The van der Waals surface area contributed by atoms with Crippen molar-refractivity contribution in [1.82, 2.24) is 14.5 Å². The van der Waals surface area contributed by atoms with Gasteiger partial charge in [-0.1, -0.05) is 19.3 Å². The zero-order chi connectivity index (χ0) is 21.4. The minimum atomic E-state index is -3.66. The first-order chi connectivity index (χ1) is 13.6. The van der Waals surface area contributed by atoms with E-state index in [1.807, 2.05) is 11.8 Å². The van der Waals surface area contributed by atoms with Crippen molar-refractivity contribution in [3.63, 3.8) is 0 Å². The highest BCUT2D eigenvalue weighted by atomic mass is 32.2. The Bertz CT molecular complexity index is 920. The molecule has 0 bridgehead atoms. The Balaban J connectivity index is 1.94. The normalized spacial score (nSPS) is 19.4. The lowest BCUT2D eigenvalue weighted by atomic mass is 9.78. The van der Waals surface area contributed by atoms with Gasteiger partial charge in [0.15, 0.2) is 0 Å². The van der Waals surface area contributed by atoms with Gasteiger partial charge in [0.05, 0.1) is 10.4 Å². The van der Waals surface area contributed by atoms with Gasteiger partial charge in [-0.3, -0.25) is 9.59 Å². The van der Waals surface area contributed by atoms with Gasteiger partial charge in [0.2, 0.25) is 15.9 Å². The summed E-state index contributed by atoms with van der Waals surface area (Å²) in [6.07, 6.45) is 5.08. The van der Waals surface area contributed by atoms with Gasteiger partial charge in [0.1, 0.15) is 0 Å². The third-order valence-electron chi connectivity index (χ3n) is 6.53. The van der Waals surface area contributed by atoms with E-state index < -0.39 is 10.0 Å². The van der Waals surface area contributed by atoms with E-state index in [2.05, 4.69) is 4.72 Å². The molecule has 1 spiro atoms. The Hall–Kier alpha value is -1.93. The molecule has 1 saturated heterocycles. The molecular formula is C21H31N3O4S. The Labute approximate surface area is 173 Å². The predicted molar refractivity (Wildman–Crippen MR) is 111 cm³/mol. The highest BCUT2D eigenvalue weighted by Gasteiger charge is 2.44. The number of aryl methyl sites for hydroxylation is 1. The molecule has 1 aliphatic carbocycles. The van der Waals surface area contributed by atoms with Crippen LogP contribution in [0.1, 0.15) is 60.5 Å². The van der Waals surface area contributed by atoms with E-state index in [0.717, 1.165) is 37.7 Å². The van der Waals surface area contributed by atoms with E-state index >= 15 is 0 Å². The second-order valence-corrected chi connectivity index (χ2v) is 10.2. The molecule has 3 rings (SSSR count). The monoisotopic (exact) mass is 421 g/mol. The summed E-state index contributed by atoms with van der Waals surface area (Å²) in [6.45, 7) is 6.65. The number of nitrogens with zero attached hydrogens (tertiary/aromatic N) is 2. The molecule has 1 saturated carbocycles. The zero-order valence-electron chi connectivity index (χ0n) is 17.7. The number of nitrogens with one attached hydrogen (secondary N) is 1. The summed E-state index contributed by atoms with van der Waals surface area (Å²) in [7, 11) is -2.29. The number of benzene rings is 1. The van der Waals surface area contributed by atoms with Crippen molar-refractivity contribution in [1.29, 1.82) is 0 Å². The van der Waals surface area contributed by atoms with Gasteiger partial charge in [-0.05, 0) is 57.0 Å². The summed E-state index contributed by atoms with van der Waals surface area (Å²) >= 11 is 0. The molecule has 1 aromatic rings. The van der Waals surface area contributed by atoms with E-state index in [1.54, 1.807) is 24.8 Å². The van der Waals surface area contributed by atoms with Crippen LogP contribution in [0.15, 0.2) is 17.0 Å². The van der Waals surface area contributed by atoms with Crippen LogP contribution in [-0.2, 0) is 14.8 Å². The molecule has 2 aliphatic rings. The maximum absolute atomic E-state index is 13.3. The molecular weight excluding hydrogens is 390 g/mol. The van der Waals surface area contributed by atoms with Crippen LogP contribution in [0.5, 0.6) is 0 Å². The Kier molecular flexibility index (Phi) is 6.06. The average Bonchev–Trinajstić information content (AvgIpc) is 2.69. The largest absolute Gasteiger partial charge is 0.335 e. The molecule has 0 radical (unpaired) electrons. The Morgan fingerprint density at radius 2 is 1.72 bits per heavy atom. The van der Waals surface area contributed by atoms with Crippen molar-refractivity contribution >= 4 is 21.8 Å². The van der Waals surface area contributed by atoms with E-state index in [1.165, 1.54) is 13.1 Å². The molecule has 1 heterocycles. The summed E-state index contributed by atoms with van der Waals surface area (Å²) in [5, 5.41) is 0. The molecule has 1 N–H and O–H groups in total. The fraction of sp³-hybridized carbons (Fsp3) is 0.619. The molecule has 1 aliphatic heterocycles. The predicted octanol–water partition coefficient (Wildman–Crippen LogP) is 2.22. The Morgan fingerprint density at radius 3 is 2.31 bits per heavy atom. The van der Waals surface area contributed by atoms with Gasteiger partial charge in [-0.2, -0.15) is 0 Å². The van der Waals surface area contributed by atoms with Crippen LogP contribution >= 0.6 is 0 Å². The van der Waals surface area contributed by atoms with Crippen LogP contribution < -0.4 is 4.72 Å². The molecule has 0 atom stereocenters. The Morgan fingerprint density at radius 1 is 1.07 bits per heavy atom. The molecule has 2 fully saturated rings. The van der Waals surface area contributed by atoms with Crippen LogP contribution in [0.25, 0.3) is 0 Å². The van der Waals surface area contributed by atoms with Crippen LogP contribution in [0, 0.1) is 13.8 Å². The molecule has 29 heavy (non-hydrogen) atoms. The van der Waals surface area contributed by atoms with Crippen molar-refractivity contribution in [2.24, 2.45) is 0 Å². The number of hydrogen-bond acceptors (Lipinski definition) is 4. The fourth-order valence-electron chi connectivity index (χ4n) is 4.80. The highest BCUT2D eigenvalue weighted by molar-refractivity contribution is 7.89. The van der Waals surface area contributed by atoms with E-state index in [4.69, 9.17) is 0 Å². The first kappa shape index (κ1) is 21.8. The van der Waals surface area contributed by atoms with E-state index in [0.29, 0.717) is 30.8 Å². The molecule has 2 amide bonds. The number of amides is 2. The second-order valence-electron chi connectivity index (χ2n) is 8.31. The van der Waals surface area contributed by atoms with Crippen molar-refractivity contribution in [2.45, 2.75) is 63.3 Å². The first-order valence-electron chi connectivity index (χ1n) is 10.2. The molecule has 0 unspecified atom stereocenters. The minimum absolute atomic E-state index is 0.0626. The third-order valence-corrected chi connectivity index (χ3v) is 8.07. The fourth-order valence-corrected chi connectivity index (χ4v) is 5.87. The van der Waals surface area contributed by atoms with Crippen molar-refractivity contribution in [2.75, 3.05) is 26.7 Å². The van der Waals surface area contributed by atoms with Gasteiger partial charge in [0, 0.05) is 32.1 Å². The maximum Gasteiger partial charge on any atom is 0.254 e. The number of sulfonamides is 1. The topological polar surface area (TPSA) is 86.8 Å². The van der Waals surface area contributed by atoms with Crippen LogP contribution in [0.3, 0.4) is 0 Å². The molecule has 8 heteroatoms. The average molecular weight is 422 g/mol. The van der Waals surface area contributed by atoms with Gasteiger partial charge in [-0.25, -0.2) is 13.1 Å². The number of piperazine rings is 1. The lowest BCUT2D eigenvalue weighted by molar-refractivity contribution is -0.141. The van der Waals surface area contributed by atoms with Crippen molar-refractivity contribution in [3.05, 3.63) is 28.8 Å². The number of hydrogen-bond donors (Lipinski definition) is 1. The van der Waals surface area contributed by atoms with Gasteiger partial charge >= 0.3 is 0 Å². The summed E-state index contributed by atoms with van der Waals surface area (Å²) < 4.78 is 27.1. The quantitative estimate of drug-likeness (QED) is 0.811. The first-order valence-corrected chi connectivity index (χ1v) is 11.7. The smallest absolute Gasteiger partial charge is 0.254 e. The minimum Gasteiger partial charge on any atom is -0.335 e. The van der Waals surface area contributed by atoms with Crippen LogP contribution in [0.2, 0.25) is 0 Å². The van der Waals surface area contributed by atoms with Gasteiger partial charge in [-0.15, -0.1) is 0 Å². The highest BCUT2D eigenvalue weighted by Crippen LogP contribution is 2.37. The number of carbonyl (C=O) groups is 2. The zero-order valence-corrected chi connectivity index (χ0v) is 18.6. The third kappa shape index (κ3) is 4.05. The SMILES string of the molecule is CNS(=O)(=O)c1cc(C(=O)N2CCN(C(C)=O)C3(CCCCC3)C2)cc(C)c1C. The lowest BCUT2D eigenvalue weighted by Crippen LogP contribution is -2.65. The van der Waals surface area contributed by atoms with Gasteiger partial charge < -0.3 is 9.80 Å². The van der Waals surface area contributed by atoms with Crippen molar-refractivity contribution in [3.8, 4) is 0 Å². The molecule has 7 nitrogen and oxygen atoms in total. The van der Waals surface area contributed by atoms with Crippen LogP contribution in [-0.4, -0.2) is 62.3 Å². The number of carbonyl (C=O) groups excluding carboxylic acids is 2. The van der Waals surface area contributed by atoms with Gasteiger partial charge in [0.25, 0.3) is 5.91 Å². The molecule has 160 valence electrons. The summed E-state index contributed by atoms with van der Waals surface area (Å²) in [5.41, 5.74) is 1.49. The summed E-state index contributed by atoms with van der Waals surface area (Å²) in [5.74, 6) is -0.110.